The molecule has 0 bridgehead atoms. The molecular weight excluding hydrogens is 379 g/mol. The Morgan fingerprint density at radius 1 is 1.04 bits per heavy atom. The third-order valence-corrected chi connectivity index (χ3v) is 3.98. The van der Waals surface area contributed by atoms with Crippen molar-refractivity contribution >= 4 is 22.1 Å². The molecule has 8 nitrogen and oxygen atoms in total. The van der Waals surface area contributed by atoms with Crippen LogP contribution in [0.3, 0.4) is 0 Å². The van der Waals surface area contributed by atoms with Gasteiger partial charge in [0, 0.05) is 6.61 Å². The Morgan fingerprint density at radius 2 is 1.56 bits per heavy atom. The summed E-state index contributed by atoms with van der Waals surface area (Å²) in [5.74, 6) is -3.50. The van der Waals surface area contributed by atoms with E-state index in [0.29, 0.717) is 0 Å². The first-order chi connectivity index (χ1) is 11.2. The average molecular weight is 409 g/mol. The minimum atomic E-state index is -4.84. The number of carbonyl (C=O) groups is 2. The summed E-state index contributed by atoms with van der Waals surface area (Å²) >= 11 is 0. The molecule has 0 spiro atoms. The van der Waals surface area contributed by atoms with Gasteiger partial charge in [-0.1, -0.05) is 46.0 Å². The van der Waals surface area contributed by atoms with Gasteiger partial charge in [0.15, 0.2) is 5.25 Å². The van der Waals surface area contributed by atoms with Gasteiger partial charge in [-0.25, -0.2) is 6.61 Å². The third-order valence-electron chi connectivity index (χ3n) is 2.90. The van der Waals surface area contributed by atoms with Crippen molar-refractivity contribution in [2.45, 2.75) is 70.5 Å². The Bertz CT molecular complexity index is 429. The zero-order valence-corrected chi connectivity index (χ0v) is 19.2. The van der Waals surface area contributed by atoms with Crippen molar-refractivity contribution in [2.24, 2.45) is 0 Å². The maximum Gasteiger partial charge on any atom is 1.00 e. The van der Waals surface area contributed by atoms with Crippen LogP contribution in [0.5, 0.6) is 0 Å². The van der Waals surface area contributed by atoms with Gasteiger partial charge in [-0.3, -0.25) is 14.1 Å². The molecule has 0 aliphatic heterocycles. The molecule has 3 N–H and O–H groups in total. The van der Waals surface area contributed by atoms with E-state index in [9.17, 15) is 18.0 Å². The standard InChI is InChI=1S/C11H23O.C4H6O7S.K/c1-3-5-6-7-8-9-11-12-10-4-2;5-3(6)1-2(4(7)8)12(9,10)11;/h10H,3-9,11H2,1-2H3;2H,1H2,(H,5,6)(H,7,8)(H,9,10,11);/q-1;;+1. The number of aliphatic carboxylic acids is 2. The molecule has 0 amide bonds. The average Bonchev–Trinajstić information content (AvgIpc) is 2.47. The monoisotopic (exact) mass is 408 g/mol. The molecule has 1 atom stereocenters. The van der Waals surface area contributed by atoms with Gasteiger partial charge in [-0.05, 0) is 6.42 Å². The van der Waals surface area contributed by atoms with Gasteiger partial charge >= 0.3 is 63.3 Å². The van der Waals surface area contributed by atoms with Gasteiger partial charge in [-0.15, -0.1) is 0 Å². The van der Waals surface area contributed by atoms with Crippen LogP contribution in [0, 0.1) is 6.61 Å². The number of rotatable bonds is 13. The fourth-order valence-corrected chi connectivity index (χ4v) is 2.25. The van der Waals surface area contributed by atoms with Crippen LogP contribution < -0.4 is 51.4 Å². The van der Waals surface area contributed by atoms with Crippen LogP contribution >= 0.6 is 0 Å². The van der Waals surface area contributed by atoms with Crippen molar-refractivity contribution in [3.05, 3.63) is 6.61 Å². The molecule has 0 aromatic rings. The zero-order valence-electron chi connectivity index (χ0n) is 15.3. The summed E-state index contributed by atoms with van der Waals surface area (Å²) in [7, 11) is -4.84. The van der Waals surface area contributed by atoms with E-state index >= 15 is 0 Å². The topological polar surface area (TPSA) is 138 Å². The Hall–Kier alpha value is 0.446. The summed E-state index contributed by atoms with van der Waals surface area (Å²) in [5, 5.41) is 13.9. The second kappa shape index (κ2) is 19.2. The van der Waals surface area contributed by atoms with Crippen molar-refractivity contribution in [2.75, 3.05) is 6.61 Å². The van der Waals surface area contributed by atoms with Gasteiger partial charge in [0.2, 0.25) is 0 Å². The number of hydrogen-bond acceptors (Lipinski definition) is 5. The third kappa shape index (κ3) is 22.4. The quantitative estimate of drug-likeness (QED) is 0.164. The van der Waals surface area contributed by atoms with Gasteiger partial charge in [0.1, 0.15) is 0 Å². The normalized spacial score (nSPS) is 11.6. The molecule has 144 valence electrons. The van der Waals surface area contributed by atoms with Crippen LogP contribution in [0.1, 0.15) is 65.2 Å². The Morgan fingerprint density at radius 3 is 1.92 bits per heavy atom. The molecule has 0 saturated carbocycles. The smallest absolute Gasteiger partial charge is 0.552 e. The molecule has 0 rings (SSSR count). The summed E-state index contributed by atoms with van der Waals surface area (Å²) in [5.41, 5.74) is 0. The molecule has 0 fully saturated rings. The molecule has 0 saturated heterocycles. The van der Waals surface area contributed by atoms with E-state index in [1.54, 1.807) is 0 Å². The summed E-state index contributed by atoms with van der Waals surface area (Å²) in [6, 6.07) is 0. The van der Waals surface area contributed by atoms with E-state index in [-0.39, 0.29) is 51.4 Å². The first-order valence-electron chi connectivity index (χ1n) is 8.00. The summed E-state index contributed by atoms with van der Waals surface area (Å²) in [6.45, 7) is 7.16. The Kier molecular flexibility index (Phi) is 23.2. The maximum absolute atomic E-state index is 10.2. The van der Waals surface area contributed by atoms with Crippen molar-refractivity contribution in [1.29, 1.82) is 0 Å². The minimum absolute atomic E-state index is 0. The minimum Gasteiger partial charge on any atom is -0.552 e. The predicted octanol–water partition coefficient (Wildman–Crippen LogP) is -0.259. The van der Waals surface area contributed by atoms with Crippen LogP contribution in [-0.4, -0.2) is 47.0 Å². The Labute approximate surface area is 192 Å². The van der Waals surface area contributed by atoms with Gasteiger partial charge in [-0.2, -0.15) is 14.8 Å². The second-order valence-corrected chi connectivity index (χ2v) is 6.75. The molecular formula is C15H29KO8S. The number of ether oxygens (including phenoxy) is 1. The second-order valence-electron chi connectivity index (χ2n) is 5.15. The van der Waals surface area contributed by atoms with E-state index in [0.717, 1.165) is 13.0 Å². The molecule has 0 aliphatic rings. The van der Waals surface area contributed by atoms with Crippen molar-refractivity contribution in [1.82, 2.24) is 0 Å². The van der Waals surface area contributed by atoms with E-state index in [2.05, 4.69) is 13.8 Å². The van der Waals surface area contributed by atoms with Crippen LogP contribution in [0.2, 0.25) is 0 Å². The molecule has 1 unspecified atom stereocenters. The van der Waals surface area contributed by atoms with Crippen molar-refractivity contribution < 1.29 is 88.9 Å². The fourth-order valence-electron chi connectivity index (χ4n) is 1.65. The molecule has 0 aliphatic carbocycles. The summed E-state index contributed by atoms with van der Waals surface area (Å²) < 4.78 is 33.9. The van der Waals surface area contributed by atoms with E-state index in [1.165, 1.54) is 38.5 Å². The number of carboxylic acid groups (broad SMARTS) is 2. The molecule has 25 heavy (non-hydrogen) atoms. The molecule has 0 aromatic carbocycles. The molecule has 0 radical (unpaired) electrons. The van der Waals surface area contributed by atoms with Gasteiger partial charge in [0.25, 0.3) is 10.1 Å². The Balaban J connectivity index is -0.000000372. The SMILES string of the molecule is CC[CH-]OCCCCCCCC.O=C(O)CC(C(=O)O)S(=O)(=O)O.[K+]. The van der Waals surface area contributed by atoms with Crippen molar-refractivity contribution in [3.63, 3.8) is 0 Å². The predicted molar refractivity (Wildman–Crippen MR) is 89.1 cm³/mol. The maximum atomic E-state index is 10.2. The fraction of sp³-hybridized carbons (Fsp3) is 0.800. The van der Waals surface area contributed by atoms with Crippen LogP contribution in [-0.2, 0) is 24.4 Å². The first-order valence-corrected chi connectivity index (χ1v) is 9.51. The van der Waals surface area contributed by atoms with Crippen LogP contribution in [0.25, 0.3) is 0 Å². The molecule has 0 heterocycles. The number of hydrogen-bond donors (Lipinski definition) is 3. The van der Waals surface area contributed by atoms with Crippen LogP contribution in [0.15, 0.2) is 0 Å². The summed E-state index contributed by atoms with van der Waals surface area (Å²) in [6.07, 6.45) is 7.92. The zero-order chi connectivity index (χ0) is 19.0. The summed E-state index contributed by atoms with van der Waals surface area (Å²) in [4.78, 5) is 20.0. The molecule has 0 aromatic heterocycles. The van der Waals surface area contributed by atoms with E-state index < -0.39 is 33.7 Å². The number of carboxylic acids is 2. The molecule has 10 heteroatoms. The van der Waals surface area contributed by atoms with E-state index in [1.807, 2.05) is 6.61 Å². The number of unbranched alkanes of at least 4 members (excludes halogenated alkanes) is 5. The largest absolute Gasteiger partial charge is 1.00 e. The van der Waals surface area contributed by atoms with Crippen LogP contribution in [0.4, 0.5) is 0 Å². The van der Waals surface area contributed by atoms with E-state index in [4.69, 9.17) is 19.5 Å². The van der Waals surface area contributed by atoms with Gasteiger partial charge in [0.05, 0.1) is 6.42 Å². The van der Waals surface area contributed by atoms with Gasteiger partial charge < -0.3 is 14.9 Å². The first kappa shape index (κ1) is 30.2. The van der Waals surface area contributed by atoms with Crippen molar-refractivity contribution in [3.8, 4) is 0 Å².